The number of nitrogens with one attached hydrogen (secondary N) is 2. The summed E-state index contributed by atoms with van der Waals surface area (Å²) in [4.78, 5) is 19.8. The van der Waals surface area contributed by atoms with E-state index in [1.165, 1.54) is 25.4 Å². The topological polar surface area (TPSA) is 76.1 Å². The summed E-state index contributed by atoms with van der Waals surface area (Å²) in [5.74, 6) is -2.21. The molecule has 0 saturated carbocycles. The molecule has 0 aliphatic heterocycles. The smallest absolute Gasteiger partial charge is 0.270 e. The largest absolute Gasteiger partial charge is 0.383 e. The SMILES string of the molecule is COCCNC(=O)c1ccnc(Nc2ccc(F)c(F)c2)n1. The van der Waals surface area contributed by atoms with Gasteiger partial charge in [0.2, 0.25) is 5.95 Å². The molecule has 2 N–H and O–H groups in total. The number of ether oxygens (including phenoxy) is 1. The van der Waals surface area contributed by atoms with Gasteiger partial charge in [0, 0.05) is 31.6 Å². The molecule has 0 saturated heterocycles. The van der Waals surface area contributed by atoms with E-state index in [0.717, 1.165) is 12.1 Å². The van der Waals surface area contributed by atoms with Gasteiger partial charge in [-0.1, -0.05) is 0 Å². The Kier molecular flexibility index (Phi) is 5.31. The quantitative estimate of drug-likeness (QED) is 0.797. The first-order valence-corrected chi connectivity index (χ1v) is 6.42. The Balaban J connectivity index is 2.07. The maximum atomic E-state index is 13.1. The van der Waals surface area contributed by atoms with Crippen LogP contribution in [0.4, 0.5) is 20.4 Å². The molecule has 22 heavy (non-hydrogen) atoms. The summed E-state index contributed by atoms with van der Waals surface area (Å²) in [5, 5.41) is 5.32. The van der Waals surface area contributed by atoms with Crippen molar-refractivity contribution in [1.29, 1.82) is 0 Å². The van der Waals surface area contributed by atoms with E-state index < -0.39 is 11.6 Å². The molecule has 2 rings (SSSR count). The maximum Gasteiger partial charge on any atom is 0.270 e. The fraction of sp³-hybridized carbons (Fsp3) is 0.214. The number of nitrogens with zero attached hydrogens (tertiary/aromatic N) is 2. The lowest BCUT2D eigenvalue weighted by Gasteiger charge is -2.07. The van der Waals surface area contributed by atoms with Gasteiger partial charge < -0.3 is 15.4 Å². The van der Waals surface area contributed by atoms with Crippen molar-refractivity contribution in [3.8, 4) is 0 Å². The molecular formula is C14H14F2N4O2. The van der Waals surface area contributed by atoms with Gasteiger partial charge in [-0.05, 0) is 18.2 Å². The summed E-state index contributed by atoms with van der Waals surface area (Å²) in [5.41, 5.74) is 0.423. The number of amides is 1. The van der Waals surface area contributed by atoms with Crippen LogP contribution in [-0.4, -0.2) is 36.1 Å². The fourth-order valence-electron chi connectivity index (χ4n) is 1.61. The summed E-state index contributed by atoms with van der Waals surface area (Å²) >= 11 is 0. The molecule has 0 atom stereocenters. The molecule has 1 aromatic heterocycles. The second-order valence-electron chi connectivity index (χ2n) is 4.27. The van der Waals surface area contributed by atoms with Crippen LogP contribution in [0.3, 0.4) is 0 Å². The molecule has 0 unspecified atom stereocenters. The Bertz CT molecular complexity index is 667. The first kappa shape index (κ1) is 15.8. The lowest BCUT2D eigenvalue weighted by atomic mass is 10.3. The van der Waals surface area contributed by atoms with Crippen LogP contribution in [0, 0.1) is 11.6 Å². The van der Waals surface area contributed by atoms with Crippen molar-refractivity contribution in [2.24, 2.45) is 0 Å². The van der Waals surface area contributed by atoms with Gasteiger partial charge in [-0.2, -0.15) is 0 Å². The van der Waals surface area contributed by atoms with Crippen molar-refractivity contribution in [3.05, 3.63) is 47.8 Å². The Morgan fingerprint density at radius 3 is 2.82 bits per heavy atom. The summed E-state index contributed by atoms with van der Waals surface area (Å²) in [6.07, 6.45) is 1.39. The number of carbonyl (C=O) groups excluding carboxylic acids is 1. The highest BCUT2D eigenvalue weighted by Crippen LogP contribution is 2.16. The molecule has 0 aliphatic rings. The molecule has 1 amide bonds. The zero-order valence-electron chi connectivity index (χ0n) is 11.8. The first-order chi connectivity index (χ1) is 10.6. The number of hydrogen-bond donors (Lipinski definition) is 2. The monoisotopic (exact) mass is 308 g/mol. The van der Waals surface area contributed by atoms with Crippen LogP contribution in [-0.2, 0) is 4.74 Å². The fourth-order valence-corrected chi connectivity index (χ4v) is 1.61. The molecular weight excluding hydrogens is 294 g/mol. The standard InChI is InChI=1S/C14H14F2N4O2/c1-22-7-6-17-13(21)12-4-5-18-14(20-12)19-9-2-3-10(15)11(16)8-9/h2-5,8H,6-7H2,1H3,(H,17,21)(H,18,19,20). The lowest BCUT2D eigenvalue weighted by Crippen LogP contribution is -2.27. The second kappa shape index (κ2) is 7.41. The van der Waals surface area contributed by atoms with Gasteiger partial charge in [0.1, 0.15) is 5.69 Å². The average molecular weight is 308 g/mol. The van der Waals surface area contributed by atoms with Crippen LogP contribution in [0.1, 0.15) is 10.5 Å². The van der Waals surface area contributed by atoms with Crippen molar-refractivity contribution < 1.29 is 18.3 Å². The van der Waals surface area contributed by atoms with Gasteiger partial charge in [0.05, 0.1) is 6.61 Å². The highest BCUT2D eigenvalue weighted by molar-refractivity contribution is 5.92. The Hall–Kier alpha value is -2.61. The average Bonchev–Trinajstić information content (AvgIpc) is 2.51. The number of anilines is 2. The van der Waals surface area contributed by atoms with Gasteiger partial charge >= 0.3 is 0 Å². The Morgan fingerprint density at radius 1 is 1.27 bits per heavy atom. The van der Waals surface area contributed by atoms with Gasteiger partial charge in [0.15, 0.2) is 11.6 Å². The zero-order valence-corrected chi connectivity index (χ0v) is 11.8. The van der Waals surface area contributed by atoms with Crippen LogP contribution in [0.15, 0.2) is 30.5 Å². The second-order valence-corrected chi connectivity index (χ2v) is 4.27. The minimum absolute atomic E-state index is 0.102. The van der Waals surface area contributed by atoms with E-state index >= 15 is 0 Å². The molecule has 0 radical (unpaired) electrons. The number of benzene rings is 1. The van der Waals surface area contributed by atoms with Gasteiger partial charge in [-0.3, -0.25) is 4.79 Å². The first-order valence-electron chi connectivity index (χ1n) is 6.42. The third kappa shape index (κ3) is 4.19. The van der Waals surface area contributed by atoms with Crippen molar-refractivity contribution in [2.45, 2.75) is 0 Å². The summed E-state index contributed by atoms with van der Waals surface area (Å²) in [6.45, 7) is 0.738. The van der Waals surface area contributed by atoms with Crippen molar-refractivity contribution in [2.75, 3.05) is 25.6 Å². The van der Waals surface area contributed by atoms with Crippen molar-refractivity contribution >= 4 is 17.5 Å². The van der Waals surface area contributed by atoms with E-state index in [-0.39, 0.29) is 23.2 Å². The van der Waals surface area contributed by atoms with Gasteiger partial charge in [0.25, 0.3) is 5.91 Å². The number of methoxy groups -OCH3 is 1. The molecule has 0 bridgehead atoms. The molecule has 0 fully saturated rings. The zero-order chi connectivity index (χ0) is 15.9. The van der Waals surface area contributed by atoms with E-state index in [2.05, 4.69) is 20.6 Å². The maximum absolute atomic E-state index is 13.1. The predicted octanol–water partition coefficient (Wildman–Crippen LogP) is 1.87. The van der Waals surface area contributed by atoms with Crippen LogP contribution < -0.4 is 10.6 Å². The molecule has 1 heterocycles. The number of rotatable bonds is 6. The van der Waals surface area contributed by atoms with Crippen LogP contribution in [0.2, 0.25) is 0 Å². The van der Waals surface area contributed by atoms with E-state index in [1.54, 1.807) is 0 Å². The van der Waals surface area contributed by atoms with Crippen molar-refractivity contribution in [1.82, 2.24) is 15.3 Å². The normalized spacial score (nSPS) is 10.3. The number of carbonyl (C=O) groups is 1. The van der Waals surface area contributed by atoms with E-state index in [0.29, 0.717) is 13.2 Å². The molecule has 0 aliphatic carbocycles. The van der Waals surface area contributed by atoms with Crippen molar-refractivity contribution in [3.63, 3.8) is 0 Å². The molecule has 6 nitrogen and oxygen atoms in total. The molecule has 8 heteroatoms. The summed E-state index contributed by atoms with van der Waals surface area (Å²) < 4.78 is 30.8. The predicted molar refractivity (Wildman–Crippen MR) is 75.9 cm³/mol. The third-order valence-electron chi connectivity index (χ3n) is 2.66. The minimum atomic E-state index is -0.988. The molecule has 0 spiro atoms. The highest BCUT2D eigenvalue weighted by Gasteiger charge is 2.09. The van der Waals surface area contributed by atoms with Crippen LogP contribution in [0.25, 0.3) is 0 Å². The van der Waals surface area contributed by atoms with Crippen LogP contribution in [0.5, 0.6) is 0 Å². The third-order valence-corrected chi connectivity index (χ3v) is 2.66. The number of halogens is 2. The Labute approximate surface area is 125 Å². The summed E-state index contributed by atoms with van der Waals surface area (Å²) in [6, 6.07) is 4.74. The van der Waals surface area contributed by atoms with Gasteiger partial charge in [-0.15, -0.1) is 0 Å². The Morgan fingerprint density at radius 2 is 2.09 bits per heavy atom. The van der Waals surface area contributed by atoms with Crippen LogP contribution >= 0.6 is 0 Å². The summed E-state index contributed by atoms with van der Waals surface area (Å²) in [7, 11) is 1.53. The highest BCUT2D eigenvalue weighted by atomic mass is 19.2. The number of aromatic nitrogens is 2. The minimum Gasteiger partial charge on any atom is -0.383 e. The molecule has 116 valence electrons. The van der Waals surface area contributed by atoms with E-state index in [1.807, 2.05) is 0 Å². The molecule has 1 aromatic carbocycles. The van der Waals surface area contributed by atoms with E-state index in [9.17, 15) is 13.6 Å². The molecule has 2 aromatic rings. The lowest BCUT2D eigenvalue weighted by molar-refractivity contribution is 0.0932. The van der Waals surface area contributed by atoms with E-state index in [4.69, 9.17) is 4.74 Å². The van der Waals surface area contributed by atoms with Gasteiger partial charge in [-0.25, -0.2) is 18.7 Å². The number of hydrogen-bond acceptors (Lipinski definition) is 5.